The lowest BCUT2D eigenvalue weighted by atomic mass is 9.83. The summed E-state index contributed by atoms with van der Waals surface area (Å²) in [4.78, 5) is 15.0. The maximum absolute atomic E-state index is 13.1. The van der Waals surface area contributed by atoms with Crippen molar-refractivity contribution in [3.63, 3.8) is 0 Å². The molecule has 0 unspecified atom stereocenters. The van der Waals surface area contributed by atoms with E-state index in [1.165, 1.54) is 5.56 Å². The minimum atomic E-state index is -0.601. The SMILES string of the molecule is CC(C)(C(=O)N1C[C@@H](N)[C@H](c2ccccc2)C1)c1ccc(Cl)cc1.Cl. The van der Waals surface area contributed by atoms with Crippen molar-refractivity contribution in [3.8, 4) is 0 Å². The summed E-state index contributed by atoms with van der Waals surface area (Å²) in [6.45, 7) is 5.18. The molecular formula is C20H24Cl2N2O. The van der Waals surface area contributed by atoms with E-state index in [0.29, 0.717) is 18.1 Å². The van der Waals surface area contributed by atoms with Crippen LogP contribution in [0.2, 0.25) is 5.02 Å². The fourth-order valence-electron chi connectivity index (χ4n) is 3.43. The van der Waals surface area contributed by atoms with Crippen LogP contribution in [0.5, 0.6) is 0 Å². The number of likely N-dealkylation sites (tertiary alicyclic amines) is 1. The first kappa shape index (κ1) is 19.8. The molecule has 2 N–H and O–H groups in total. The molecule has 3 nitrogen and oxygen atoms in total. The quantitative estimate of drug-likeness (QED) is 0.877. The lowest BCUT2D eigenvalue weighted by Crippen LogP contribution is -2.43. The van der Waals surface area contributed by atoms with Gasteiger partial charge in [0.15, 0.2) is 0 Å². The molecule has 0 spiro atoms. The number of carbonyl (C=O) groups excluding carboxylic acids is 1. The van der Waals surface area contributed by atoms with E-state index in [-0.39, 0.29) is 30.3 Å². The zero-order valence-corrected chi connectivity index (χ0v) is 16.1. The molecule has 2 aromatic rings. The summed E-state index contributed by atoms with van der Waals surface area (Å²) in [5.74, 6) is 0.301. The molecule has 0 aliphatic carbocycles. The van der Waals surface area contributed by atoms with Crippen LogP contribution < -0.4 is 5.73 Å². The van der Waals surface area contributed by atoms with Gasteiger partial charge in [0.1, 0.15) is 0 Å². The Morgan fingerprint density at radius 1 is 1.08 bits per heavy atom. The summed E-state index contributed by atoms with van der Waals surface area (Å²) in [5.41, 5.74) is 7.89. The smallest absolute Gasteiger partial charge is 0.232 e. The minimum absolute atomic E-state index is 0. The summed E-state index contributed by atoms with van der Waals surface area (Å²) in [7, 11) is 0. The van der Waals surface area contributed by atoms with Gasteiger partial charge >= 0.3 is 0 Å². The Balaban J connectivity index is 0.00000225. The third-order valence-corrected chi connectivity index (χ3v) is 5.23. The third-order valence-electron chi connectivity index (χ3n) is 4.98. The molecule has 25 heavy (non-hydrogen) atoms. The first-order chi connectivity index (χ1) is 11.4. The summed E-state index contributed by atoms with van der Waals surface area (Å²) < 4.78 is 0. The molecule has 1 aliphatic rings. The first-order valence-electron chi connectivity index (χ1n) is 8.25. The molecule has 1 heterocycles. The van der Waals surface area contributed by atoms with Crippen molar-refractivity contribution in [1.82, 2.24) is 4.90 Å². The Morgan fingerprint density at radius 2 is 1.68 bits per heavy atom. The molecule has 1 aliphatic heterocycles. The number of carbonyl (C=O) groups is 1. The fourth-order valence-corrected chi connectivity index (χ4v) is 3.56. The number of halogens is 2. The molecule has 0 saturated carbocycles. The molecule has 5 heteroatoms. The van der Waals surface area contributed by atoms with Crippen LogP contribution in [0.15, 0.2) is 54.6 Å². The van der Waals surface area contributed by atoms with Crippen LogP contribution in [0.25, 0.3) is 0 Å². The lowest BCUT2D eigenvalue weighted by molar-refractivity contribution is -0.135. The second-order valence-corrected chi connectivity index (χ2v) is 7.46. The molecule has 0 aromatic heterocycles. The van der Waals surface area contributed by atoms with Crippen molar-refractivity contribution in [1.29, 1.82) is 0 Å². The van der Waals surface area contributed by atoms with Gasteiger partial charge in [-0.2, -0.15) is 0 Å². The molecule has 1 amide bonds. The van der Waals surface area contributed by atoms with Gasteiger partial charge < -0.3 is 10.6 Å². The minimum Gasteiger partial charge on any atom is -0.340 e. The van der Waals surface area contributed by atoms with Crippen molar-refractivity contribution in [3.05, 3.63) is 70.7 Å². The Kier molecular flexibility index (Phi) is 6.15. The molecule has 2 atom stereocenters. The average Bonchev–Trinajstić information content (AvgIpc) is 2.97. The molecular weight excluding hydrogens is 355 g/mol. The van der Waals surface area contributed by atoms with E-state index in [0.717, 1.165) is 5.56 Å². The summed E-state index contributed by atoms with van der Waals surface area (Å²) in [6.07, 6.45) is 0. The number of rotatable bonds is 3. The van der Waals surface area contributed by atoms with E-state index in [1.807, 2.05) is 61.2 Å². The van der Waals surface area contributed by atoms with Crippen molar-refractivity contribution < 1.29 is 4.79 Å². The average molecular weight is 379 g/mol. The molecule has 2 aromatic carbocycles. The molecule has 1 fully saturated rings. The highest BCUT2D eigenvalue weighted by Gasteiger charge is 2.40. The largest absolute Gasteiger partial charge is 0.340 e. The maximum Gasteiger partial charge on any atom is 0.232 e. The van der Waals surface area contributed by atoms with E-state index in [9.17, 15) is 4.79 Å². The number of hydrogen-bond donors (Lipinski definition) is 1. The van der Waals surface area contributed by atoms with Crippen LogP contribution in [0.1, 0.15) is 30.9 Å². The van der Waals surface area contributed by atoms with Crippen molar-refractivity contribution in [2.75, 3.05) is 13.1 Å². The summed E-state index contributed by atoms with van der Waals surface area (Å²) in [5, 5.41) is 0.675. The van der Waals surface area contributed by atoms with Crippen molar-refractivity contribution in [2.45, 2.75) is 31.2 Å². The van der Waals surface area contributed by atoms with Gasteiger partial charge in [-0.3, -0.25) is 4.79 Å². The van der Waals surface area contributed by atoms with E-state index >= 15 is 0 Å². The number of amides is 1. The van der Waals surface area contributed by atoms with Crippen molar-refractivity contribution in [2.24, 2.45) is 5.73 Å². The Morgan fingerprint density at radius 3 is 2.28 bits per heavy atom. The predicted molar refractivity (Wildman–Crippen MR) is 105 cm³/mol. The number of nitrogens with two attached hydrogens (primary N) is 1. The van der Waals surface area contributed by atoms with Crippen LogP contribution in [0, 0.1) is 0 Å². The highest BCUT2D eigenvalue weighted by Crippen LogP contribution is 2.32. The Bertz CT molecular complexity index is 716. The zero-order chi connectivity index (χ0) is 17.3. The highest BCUT2D eigenvalue weighted by atomic mass is 35.5. The molecule has 3 rings (SSSR count). The topological polar surface area (TPSA) is 46.3 Å². The third kappa shape index (κ3) is 4.00. The Labute approximate surface area is 160 Å². The second kappa shape index (κ2) is 7.77. The Hall–Kier alpha value is -1.55. The molecule has 0 radical (unpaired) electrons. The molecule has 1 saturated heterocycles. The van der Waals surface area contributed by atoms with Gasteiger partial charge in [0, 0.05) is 30.1 Å². The maximum atomic E-state index is 13.1. The standard InChI is InChI=1S/C20H23ClN2O.ClH/c1-20(2,15-8-10-16(21)11-9-15)19(24)23-12-17(18(22)13-23)14-6-4-3-5-7-14;/h3-11,17-18H,12-13,22H2,1-2H3;1H/t17-,18+;/m0./s1. The van der Waals surface area contributed by atoms with Crippen molar-refractivity contribution >= 4 is 29.9 Å². The zero-order valence-electron chi connectivity index (χ0n) is 14.5. The van der Waals surface area contributed by atoms with E-state index in [4.69, 9.17) is 17.3 Å². The van der Waals surface area contributed by atoms with Gasteiger partial charge in [-0.1, -0.05) is 54.1 Å². The van der Waals surface area contributed by atoms with Crippen LogP contribution in [0.4, 0.5) is 0 Å². The van der Waals surface area contributed by atoms with Crippen LogP contribution in [-0.4, -0.2) is 29.9 Å². The number of nitrogens with zero attached hydrogens (tertiary/aromatic N) is 1. The van der Waals surface area contributed by atoms with Gasteiger partial charge in [-0.15, -0.1) is 12.4 Å². The fraction of sp³-hybridized carbons (Fsp3) is 0.350. The monoisotopic (exact) mass is 378 g/mol. The molecule has 0 bridgehead atoms. The summed E-state index contributed by atoms with van der Waals surface area (Å²) in [6, 6.07) is 17.7. The van der Waals surface area contributed by atoms with Gasteiger partial charge in [-0.05, 0) is 37.1 Å². The van der Waals surface area contributed by atoms with Gasteiger partial charge in [-0.25, -0.2) is 0 Å². The van der Waals surface area contributed by atoms with Gasteiger partial charge in [0.05, 0.1) is 5.41 Å². The first-order valence-corrected chi connectivity index (χ1v) is 8.63. The lowest BCUT2D eigenvalue weighted by Gasteiger charge is -2.30. The summed E-state index contributed by atoms with van der Waals surface area (Å²) >= 11 is 5.96. The van der Waals surface area contributed by atoms with Crippen LogP contribution >= 0.6 is 24.0 Å². The highest BCUT2D eigenvalue weighted by molar-refractivity contribution is 6.30. The van der Waals surface area contributed by atoms with Crippen LogP contribution in [0.3, 0.4) is 0 Å². The molecule has 134 valence electrons. The van der Waals surface area contributed by atoms with E-state index < -0.39 is 5.41 Å². The normalized spacial score (nSPS) is 20.2. The van der Waals surface area contributed by atoms with E-state index in [1.54, 1.807) is 0 Å². The second-order valence-electron chi connectivity index (χ2n) is 7.02. The number of benzene rings is 2. The van der Waals surface area contributed by atoms with E-state index in [2.05, 4.69) is 12.1 Å². The van der Waals surface area contributed by atoms with Gasteiger partial charge in [0.2, 0.25) is 5.91 Å². The predicted octanol–water partition coefficient (Wildman–Crippen LogP) is 3.99. The van der Waals surface area contributed by atoms with Crippen LogP contribution in [-0.2, 0) is 10.2 Å². The number of hydrogen-bond acceptors (Lipinski definition) is 2. The van der Waals surface area contributed by atoms with Gasteiger partial charge in [0.25, 0.3) is 0 Å².